The lowest BCUT2D eigenvalue weighted by atomic mass is 9.91. The fraction of sp³-hybridized carbons (Fsp3) is 0. The van der Waals surface area contributed by atoms with Gasteiger partial charge in [-0.05, 0) is 73.5 Å². The second-order valence-corrected chi connectivity index (χ2v) is 13.0. The Labute approximate surface area is 290 Å². The second kappa shape index (κ2) is 11.5. The third kappa shape index (κ3) is 4.73. The molecule has 0 aliphatic carbocycles. The number of pyridine rings is 2. The third-order valence-electron chi connectivity index (χ3n) is 10.1. The van der Waals surface area contributed by atoms with Gasteiger partial charge in [-0.1, -0.05) is 152 Å². The van der Waals surface area contributed by atoms with E-state index in [-0.39, 0.29) is 0 Å². The maximum absolute atomic E-state index is 5.24. The van der Waals surface area contributed by atoms with E-state index < -0.39 is 0 Å². The topological polar surface area (TPSA) is 25.8 Å². The van der Waals surface area contributed by atoms with Gasteiger partial charge in [-0.15, -0.1) is 0 Å². The van der Waals surface area contributed by atoms with Gasteiger partial charge < -0.3 is 0 Å². The molecule has 2 aromatic heterocycles. The van der Waals surface area contributed by atoms with E-state index in [0.717, 1.165) is 38.8 Å². The van der Waals surface area contributed by atoms with Crippen molar-refractivity contribution in [3.05, 3.63) is 182 Å². The molecular formula is C48H30N2. The smallest absolute Gasteiger partial charge is 0.0788 e. The van der Waals surface area contributed by atoms with Crippen LogP contribution in [0.2, 0.25) is 0 Å². The van der Waals surface area contributed by atoms with Gasteiger partial charge in [0.1, 0.15) is 0 Å². The van der Waals surface area contributed by atoms with Gasteiger partial charge >= 0.3 is 0 Å². The van der Waals surface area contributed by atoms with E-state index in [9.17, 15) is 0 Å². The summed E-state index contributed by atoms with van der Waals surface area (Å²) in [4.78, 5) is 10.1. The van der Waals surface area contributed by atoms with Crippen molar-refractivity contribution in [1.82, 2.24) is 9.97 Å². The van der Waals surface area contributed by atoms with Crippen molar-refractivity contribution < 1.29 is 0 Å². The Morgan fingerprint density at radius 2 is 1.02 bits per heavy atom. The monoisotopic (exact) mass is 634 g/mol. The summed E-state index contributed by atoms with van der Waals surface area (Å²) >= 11 is 0. The Hall–Kier alpha value is -6.64. The summed E-state index contributed by atoms with van der Waals surface area (Å²) in [6.45, 7) is 0. The average Bonchev–Trinajstić information content (AvgIpc) is 3.20. The summed E-state index contributed by atoms with van der Waals surface area (Å²) in [5, 5.41) is 10.8. The number of hydrogen-bond donors (Lipinski definition) is 0. The zero-order chi connectivity index (χ0) is 33.0. The predicted octanol–water partition coefficient (Wildman–Crippen LogP) is 12.9. The zero-order valence-electron chi connectivity index (χ0n) is 27.2. The lowest BCUT2D eigenvalue weighted by Crippen LogP contribution is -1.92. The molecule has 0 amide bonds. The number of nitrogens with zero attached hydrogens (tertiary/aromatic N) is 2. The fourth-order valence-electron chi connectivity index (χ4n) is 7.55. The van der Waals surface area contributed by atoms with Crippen LogP contribution in [0.25, 0.3) is 98.8 Å². The first-order valence-corrected chi connectivity index (χ1v) is 17.1. The number of hydrogen-bond acceptors (Lipinski definition) is 2. The minimum absolute atomic E-state index is 0.971. The quantitative estimate of drug-likeness (QED) is 0.180. The van der Waals surface area contributed by atoms with E-state index >= 15 is 0 Å². The first-order chi connectivity index (χ1) is 24.8. The molecule has 0 saturated heterocycles. The highest BCUT2D eigenvalue weighted by atomic mass is 14.7. The maximum Gasteiger partial charge on any atom is 0.0788 e. The van der Waals surface area contributed by atoms with Crippen molar-refractivity contribution >= 4 is 54.0 Å². The molecule has 0 unspecified atom stereocenters. The highest BCUT2D eigenvalue weighted by Gasteiger charge is 2.15. The number of fused-ring (bicyclic) bond motifs is 7. The van der Waals surface area contributed by atoms with Crippen molar-refractivity contribution in [1.29, 1.82) is 0 Å². The van der Waals surface area contributed by atoms with Gasteiger partial charge in [0.15, 0.2) is 0 Å². The van der Waals surface area contributed by atoms with Gasteiger partial charge in [0.05, 0.1) is 16.9 Å². The van der Waals surface area contributed by atoms with Gasteiger partial charge in [-0.25, -0.2) is 4.98 Å². The molecule has 0 saturated carbocycles. The molecule has 0 aliphatic heterocycles. The Bertz CT molecular complexity index is 2910. The summed E-state index contributed by atoms with van der Waals surface area (Å²) in [7, 11) is 0. The Morgan fingerprint density at radius 3 is 1.92 bits per heavy atom. The van der Waals surface area contributed by atoms with Crippen LogP contribution in [0.4, 0.5) is 0 Å². The number of rotatable bonds is 4. The molecule has 0 aliphatic rings. The third-order valence-corrected chi connectivity index (χ3v) is 10.1. The molecule has 0 fully saturated rings. The second-order valence-electron chi connectivity index (χ2n) is 13.0. The van der Waals surface area contributed by atoms with Gasteiger partial charge in [-0.3, -0.25) is 4.98 Å². The van der Waals surface area contributed by atoms with Crippen molar-refractivity contribution in [3.63, 3.8) is 0 Å². The van der Waals surface area contributed by atoms with E-state index in [1.165, 1.54) is 60.0 Å². The SMILES string of the molecule is c1ccc(-c2ccc3cnc(-c4ccc(-c5cccc6c5ccc5c(-c7ccc8ccccc8c7)nc7ccccc7c56)cc4)cc3c2)cc1. The van der Waals surface area contributed by atoms with Crippen LogP contribution in [-0.4, -0.2) is 9.97 Å². The van der Waals surface area contributed by atoms with Gasteiger partial charge in [0.2, 0.25) is 0 Å². The van der Waals surface area contributed by atoms with E-state index in [1.807, 2.05) is 6.20 Å². The van der Waals surface area contributed by atoms with Crippen LogP contribution in [-0.2, 0) is 0 Å². The van der Waals surface area contributed by atoms with E-state index in [2.05, 4.69) is 176 Å². The molecule has 232 valence electrons. The molecule has 2 nitrogen and oxygen atoms in total. The number of para-hydroxylation sites is 1. The van der Waals surface area contributed by atoms with E-state index in [0.29, 0.717) is 0 Å². The van der Waals surface area contributed by atoms with Crippen LogP contribution in [0.3, 0.4) is 0 Å². The normalized spacial score (nSPS) is 11.6. The average molecular weight is 635 g/mol. The minimum atomic E-state index is 0.971. The Kier molecular flexibility index (Phi) is 6.53. The van der Waals surface area contributed by atoms with Crippen molar-refractivity contribution in [2.75, 3.05) is 0 Å². The first kappa shape index (κ1) is 28.4. The van der Waals surface area contributed by atoms with Crippen molar-refractivity contribution in [2.24, 2.45) is 0 Å². The molecule has 0 spiro atoms. The molecule has 2 heterocycles. The van der Waals surface area contributed by atoms with Crippen molar-refractivity contribution in [2.45, 2.75) is 0 Å². The molecule has 10 rings (SSSR count). The molecule has 0 bridgehead atoms. The van der Waals surface area contributed by atoms with Crippen LogP contribution >= 0.6 is 0 Å². The molecule has 0 radical (unpaired) electrons. The molecule has 0 N–H and O–H groups in total. The lowest BCUT2D eigenvalue weighted by molar-refractivity contribution is 1.36. The standard InChI is InChI=1S/C48H30N2/c1-2-9-31(10-3-1)36-22-24-38-30-49-46(29-39(38)28-36)34-20-18-33(19-21-34)40-14-8-15-42-41(40)25-26-44-47(42)43-13-6-7-16-45(43)50-48(44)37-23-17-32-11-4-5-12-35(32)27-37/h1-30H. The first-order valence-electron chi connectivity index (χ1n) is 17.1. The lowest BCUT2D eigenvalue weighted by Gasteiger charge is -2.15. The van der Waals surface area contributed by atoms with E-state index in [4.69, 9.17) is 9.97 Å². The molecule has 10 aromatic rings. The molecule has 2 heteroatoms. The van der Waals surface area contributed by atoms with Crippen LogP contribution in [0.15, 0.2) is 182 Å². The predicted molar refractivity (Wildman–Crippen MR) is 211 cm³/mol. The largest absolute Gasteiger partial charge is 0.256 e. The number of aromatic nitrogens is 2. The fourth-order valence-corrected chi connectivity index (χ4v) is 7.55. The zero-order valence-corrected chi connectivity index (χ0v) is 27.2. The maximum atomic E-state index is 5.24. The molecule has 0 atom stereocenters. The van der Waals surface area contributed by atoms with Crippen LogP contribution in [0.1, 0.15) is 0 Å². The van der Waals surface area contributed by atoms with Gasteiger partial charge in [-0.2, -0.15) is 0 Å². The van der Waals surface area contributed by atoms with Crippen LogP contribution in [0.5, 0.6) is 0 Å². The summed E-state index contributed by atoms with van der Waals surface area (Å²) in [6, 6.07) is 63.1. The summed E-state index contributed by atoms with van der Waals surface area (Å²) < 4.78 is 0. The van der Waals surface area contributed by atoms with Gasteiger partial charge in [0, 0.05) is 38.9 Å². The minimum Gasteiger partial charge on any atom is -0.256 e. The molecule has 50 heavy (non-hydrogen) atoms. The summed E-state index contributed by atoms with van der Waals surface area (Å²) in [5.74, 6) is 0. The highest BCUT2D eigenvalue weighted by Crippen LogP contribution is 2.40. The molecular weight excluding hydrogens is 605 g/mol. The Balaban J connectivity index is 1.08. The van der Waals surface area contributed by atoms with Crippen LogP contribution < -0.4 is 0 Å². The van der Waals surface area contributed by atoms with Crippen molar-refractivity contribution in [3.8, 4) is 44.8 Å². The van der Waals surface area contributed by atoms with Crippen LogP contribution in [0, 0.1) is 0 Å². The Morgan fingerprint density at radius 1 is 0.340 bits per heavy atom. The van der Waals surface area contributed by atoms with E-state index in [1.54, 1.807) is 0 Å². The summed E-state index contributed by atoms with van der Waals surface area (Å²) in [5.41, 5.74) is 10.0. The molecule has 8 aromatic carbocycles. The number of benzene rings is 8. The summed E-state index contributed by atoms with van der Waals surface area (Å²) in [6.07, 6.45) is 1.98. The van der Waals surface area contributed by atoms with Gasteiger partial charge in [0.25, 0.3) is 0 Å². The highest BCUT2D eigenvalue weighted by molar-refractivity contribution is 6.24.